The monoisotopic (exact) mass is 624 g/mol. The van der Waals surface area contributed by atoms with Crippen LogP contribution in [0.25, 0.3) is 0 Å². The zero-order valence-corrected chi connectivity index (χ0v) is 32.9. The van der Waals surface area contributed by atoms with Gasteiger partial charge < -0.3 is 21.2 Å². The van der Waals surface area contributed by atoms with E-state index >= 15 is 0 Å². The van der Waals surface area contributed by atoms with Gasteiger partial charge in [0.05, 0.1) is 0 Å². The van der Waals surface area contributed by atoms with E-state index in [1.165, 1.54) is 25.7 Å². The van der Waals surface area contributed by atoms with E-state index in [0.717, 1.165) is 72.9 Å². The molecule has 230 valence electrons. The van der Waals surface area contributed by atoms with Gasteiger partial charge in [0.2, 0.25) is 0 Å². The van der Waals surface area contributed by atoms with Crippen LogP contribution in [0.4, 0.5) is 0 Å². The Labute approximate surface area is 244 Å². The van der Waals surface area contributed by atoms with E-state index < -0.39 is 42.3 Å². The summed E-state index contributed by atoms with van der Waals surface area (Å²) in [6.07, 6.45) is 6.04. The van der Waals surface area contributed by atoms with Gasteiger partial charge in [0.25, 0.3) is 0 Å². The minimum atomic E-state index is -2.85. The summed E-state index contributed by atoms with van der Waals surface area (Å²) in [7, 11) is -6.93. The number of unbranched alkanes of at least 4 members (excludes halogenated alkanes) is 4. The lowest BCUT2D eigenvalue weighted by atomic mass is 10.2. The first-order chi connectivity index (χ1) is 18.0. The average Bonchev–Trinajstić information content (AvgIpc) is 2.97. The fourth-order valence-corrected chi connectivity index (χ4v) is 28.3. The average molecular weight is 625 g/mol. The predicted octanol–water partition coefficient (Wildman–Crippen LogP) is 10.3. The zero-order chi connectivity index (χ0) is 29.3. The highest BCUT2D eigenvalue weighted by Crippen LogP contribution is 2.39. The molecule has 0 aromatic heterocycles. The van der Waals surface area contributed by atoms with Crippen molar-refractivity contribution in [2.75, 3.05) is 14.2 Å². The Morgan fingerprint density at radius 1 is 0.395 bits per heavy atom. The van der Waals surface area contributed by atoms with E-state index in [0.29, 0.717) is 0 Å². The van der Waals surface area contributed by atoms with Gasteiger partial charge in [0.15, 0.2) is 25.0 Å². The summed E-state index contributed by atoms with van der Waals surface area (Å²) >= 11 is 0. The Balaban J connectivity index is 6.06. The highest BCUT2D eigenvalue weighted by Gasteiger charge is 2.54. The third kappa shape index (κ3) is 11.6. The fourth-order valence-electron chi connectivity index (χ4n) is 5.71. The quantitative estimate of drug-likeness (QED) is 0.0747. The Hall–Kier alpha value is 0.884. The molecule has 0 bridgehead atoms. The zero-order valence-electron chi connectivity index (χ0n) is 27.9. The molecule has 0 aromatic rings. The molecule has 0 atom stereocenters. The Morgan fingerprint density at radius 3 is 0.921 bits per heavy atom. The van der Waals surface area contributed by atoms with E-state index in [1.54, 1.807) is 14.2 Å². The molecule has 0 saturated heterocycles. The van der Waals surface area contributed by atoms with Gasteiger partial charge in [0, 0.05) is 20.3 Å². The Kier molecular flexibility index (Phi) is 19.6. The van der Waals surface area contributed by atoms with E-state index in [1.807, 2.05) is 0 Å². The number of rotatable bonds is 25. The third-order valence-corrected chi connectivity index (χ3v) is 34.4. The van der Waals surface area contributed by atoms with Crippen LogP contribution in [0.3, 0.4) is 0 Å². The molecule has 0 aromatic carbocycles. The molecular weight excluding hydrogens is 557 g/mol. The predicted molar refractivity (Wildman–Crippen MR) is 179 cm³/mol. The molecule has 0 unspecified atom stereocenters. The first-order valence-electron chi connectivity index (χ1n) is 16.2. The van der Waals surface area contributed by atoms with Gasteiger partial charge in [-0.2, -0.15) is 0 Å². The molecule has 0 spiro atoms. The lowest BCUT2D eigenvalue weighted by Gasteiger charge is -2.48. The van der Waals surface area contributed by atoms with E-state index in [2.05, 4.69) is 68.9 Å². The summed E-state index contributed by atoms with van der Waals surface area (Å²) in [5.41, 5.74) is 0. The first-order valence-corrected chi connectivity index (χ1v) is 28.2. The van der Waals surface area contributed by atoms with Crippen molar-refractivity contribution in [3.05, 3.63) is 0 Å². The fraction of sp³-hybridized carbons (Fsp3) is 1.00. The normalized spacial score (nSPS) is 13.9. The standard InChI is InChI=1S/C28H68O5Si5/c1-13-35(14-2,15-3)31-38(32-36(16-4,17-5)18-6,33-37(19-7,20-8)21-9)28-26-24-22-23-25-27-34(12,29-10)30-11/h13-28H2,1-12H3. The van der Waals surface area contributed by atoms with Crippen molar-refractivity contribution in [1.82, 2.24) is 0 Å². The molecule has 0 aliphatic carbocycles. The SMILES string of the molecule is CC[Si](CC)(CC)O[Si](CCCCCCC[Si](C)(OC)OC)(O[Si](CC)(CC)CC)O[Si](CC)(CC)CC. The molecule has 0 heterocycles. The maximum Gasteiger partial charge on any atom is 0.469 e. The van der Waals surface area contributed by atoms with Gasteiger partial charge in [0.1, 0.15) is 0 Å². The molecule has 0 rings (SSSR count). The Morgan fingerprint density at radius 2 is 0.658 bits per heavy atom. The third-order valence-electron chi connectivity index (χ3n) is 9.89. The van der Waals surface area contributed by atoms with Crippen molar-refractivity contribution in [1.29, 1.82) is 0 Å². The van der Waals surface area contributed by atoms with Crippen LogP contribution in [-0.2, 0) is 21.2 Å². The van der Waals surface area contributed by atoms with Gasteiger partial charge >= 0.3 is 17.4 Å². The number of hydrogen-bond acceptors (Lipinski definition) is 5. The van der Waals surface area contributed by atoms with Gasteiger partial charge in [-0.3, -0.25) is 0 Å². The van der Waals surface area contributed by atoms with Gasteiger partial charge in [-0.15, -0.1) is 0 Å². The molecule has 0 aliphatic heterocycles. The molecule has 10 heteroatoms. The van der Waals surface area contributed by atoms with Crippen LogP contribution in [0.1, 0.15) is 94.4 Å². The van der Waals surface area contributed by atoms with Crippen molar-refractivity contribution in [2.24, 2.45) is 0 Å². The molecule has 0 amide bonds. The van der Waals surface area contributed by atoms with E-state index in [4.69, 9.17) is 21.2 Å². The lowest BCUT2D eigenvalue weighted by Crippen LogP contribution is -2.64. The van der Waals surface area contributed by atoms with E-state index in [9.17, 15) is 0 Å². The summed E-state index contributed by atoms with van der Waals surface area (Å²) < 4.78 is 34.1. The van der Waals surface area contributed by atoms with Gasteiger partial charge in [-0.25, -0.2) is 0 Å². The largest absolute Gasteiger partial charge is 0.469 e. The molecule has 0 saturated carbocycles. The molecule has 0 N–H and O–H groups in total. The minimum absolute atomic E-state index is 1.01. The second-order valence-electron chi connectivity index (χ2n) is 11.5. The molecule has 5 nitrogen and oxygen atoms in total. The van der Waals surface area contributed by atoms with Crippen molar-refractivity contribution >= 4 is 42.3 Å². The van der Waals surface area contributed by atoms with Crippen LogP contribution in [0.5, 0.6) is 0 Å². The summed E-state index contributed by atoms with van der Waals surface area (Å²) in [5, 5.41) is 0. The summed E-state index contributed by atoms with van der Waals surface area (Å²) in [6, 6.07) is 12.5. The van der Waals surface area contributed by atoms with Gasteiger partial charge in [-0.05, 0) is 73.4 Å². The molecule has 38 heavy (non-hydrogen) atoms. The molecule has 0 radical (unpaired) electrons. The van der Waals surface area contributed by atoms with E-state index in [-0.39, 0.29) is 0 Å². The van der Waals surface area contributed by atoms with Crippen molar-refractivity contribution in [2.45, 2.75) is 167 Å². The summed E-state index contributed by atoms with van der Waals surface area (Å²) in [5.74, 6) is 0. The summed E-state index contributed by atoms with van der Waals surface area (Å²) in [6.45, 7) is 23.3. The highest BCUT2D eigenvalue weighted by atomic mass is 28.5. The van der Waals surface area contributed by atoms with Crippen LogP contribution in [0.15, 0.2) is 0 Å². The second-order valence-corrected chi connectivity index (χ2v) is 32.9. The molecule has 0 aliphatic rings. The van der Waals surface area contributed by atoms with Crippen molar-refractivity contribution in [3.63, 3.8) is 0 Å². The second kappa shape index (κ2) is 19.1. The lowest BCUT2D eigenvalue weighted by molar-refractivity contribution is 0.237. The van der Waals surface area contributed by atoms with Crippen molar-refractivity contribution in [3.8, 4) is 0 Å². The maximum absolute atomic E-state index is 7.57. The smallest absolute Gasteiger partial charge is 0.416 e. The molecular formula is C28H68O5Si5. The highest BCUT2D eigenvalue weighted by molar-refractivity contribution is 6.92. The molecule has 0 fully saturated rings. The summed E-state index contributed by atoms with van der Waals surface area (Å²) in [4.78, 5) is 0. The minimum Gasteiger partial charge on any atom is -0.416 e. The maximum atomic E-state index is 7.57. The topological polar surface area (TPSA) is 46.2 Å². The van der Waals surface area contributed by atoms with Crippen LogP contribution < -0.4 is 0 Å². The van der Waals surface area contributed by atoms with Crippen molar-refractivity contribution < 1.29 is 21.2 Å². The van der Waals surface area contributed by atoms with Crippen LogP contribution in [-0.4, -0.2) is 56.5 Å². The van der Waals surface area contributed by atoms with Crippen LogP contribution in [0.2, 0.25) is 73.0 Å². The Bertz CT molecular complexity index is 514. The van der Waals surface area contributed by atoms with Gasteiger partial charge in [-0.1, -0.05) is 88.0 Å². The van der Waals surface area contributed by atoms with Crippen LogP contribution in [0, 0.1) is 0 Å². The number of hydrogen-bond donors (Lipinski definition) is 0. The van der Waals surface area contributed by atoms with Crippen LogP contribution >= 0.6 is 0 Å². The first kappa shape index (κ1) is 38.9.